The summed E-state index contributed by atoms with van der Waals surface area (Å²) in [4.78, 5) is 12.9. The number of nitrogens with one attached hydrogen (secondary N) is 1. The van der Waals surface area contributed by atoms with E-state index in [9.17, 15) is 0 Å². The van der Waals surface area contributed by atoms with Gasteiger partial charge >= 0.3 is 0 Å². The number of aromatic nitrogens is 3. The highest BCUT2D eigenvalue weighted by Gasteiger charge is 2.16. The maximum Gasteiger partial charge on any atom is 0.133 e. The van der Waals surface area contributed by atoms with Crippen molar-refractivity contribution in [1.82, 2.24) is 15.0 Å². The Morgan fingerprint density at radius 3 is 3.00 bits per heavy atom. The van der Waals surface area contributed by atoms with Crippen molar-refractivity contribution in [3.05, 3.63) is 47.7 Å². The first kappa shape index (κ1) is 10.2. The first-order valence-corrected chi connectivity index (χ1v) is 5.90. The number of nitrogens with zero attached hydrogens (tertiary/aromatic N) is 3. The average molecular weight is 226 g/mol. The predicted molar refractivity (Wildman–Crippen MR) is 65.6 cm³/mol. The molecule has 17 heavy (non-hydrogen) atoms. The average Bonchev–Trinajstić information content (AvgIpc) is 2.86. The SMILES string of the molecule is c1ccc(CNc2ncnc3c2CCC3)nc1. The second-order valence-corrected chi connectivity index (χ2v) is 4.18. The van der Waals surface area contributed by atoms with Crippen LogP contribution < -0.4 is 5.32 Å². The Balaban J connectivity index is 1.76. The highest BCUT2D eigenvalue weighted by molar-refractivity contribution is 5.48. The molecule has 2 aromatic heterocycles. The smallest absolute Gasteiger partial charge is 0.133 e. The van der Waals surface area contributed by atoms with E-state index in [4.69, 9.17) is 0 Å². The van der Waals surface area contributed by atoms with Crippen molar-refractivity contribution in [2.75, 3.05) is 5.32 Å². The molecule has 0 radical (unpaired) electrons. The molecule has 0 atom stereocenters. The minimum atomic E-state index is 0.713. The molecule has 1 aliphatic rings. The number of hydrogen-bond donors (Lipinski definition) is 1. The van der Waals surface area contributed by atoms with Crippen LogP contribution in [0.4, 0.5) is 5.82 Å². The van der Waals surface area contributed by atoms with Crippen LogP contribution >= 0.6 is 0 Å². The molecule has 2 heterocycles. The summed E-state index contributed by atoms with van der Waals surface area (Å²) in [6, 6.07) is 5.93. The Labute approximate surface area is 100 Å². The van der Waals surface area contributed by atoms with Crippen LogP contribution in [0.3, 0.4) is 0 Å². The fourth-order valence-corrected chi connectivity index (χ4v) is 2.19. The van der Waals surface area contributed by atoms with Crippen LogP contribution in [-0.4, -0.2) is 15.0 Å². The van der Waals surface area contributed by atoms with E-state index in [1.165, 1.54) is 17.7 Å². The van der Waals surface area contributed by atoms with Gasteiger partial charge in [-0.05, 0) is 31.4 Å². The zero-order valence-electron chi connectivity index (χ0n) is 9.56. The topological polar surface area (TPSA) is 50.7 Å². The molecule has 0 bridgehead atoms. The van der Waals surface area contributed by atoms with Gasteiger partial charge in [-0.3, -0.25) is 4.98 Å². The maximum absolute atomic E-state index is 4.32. The van der Waals surface area contributed by atoms with E-state index >= 15 is 0 Å². The number of fused-ring (bicyclic) bond motifs is 1. The Hall–Kier alpha value is -1.97. The van der Waals surface area contributed by atoms with Crippen molar-refractivity contribution in [2.45, 2.75) is 25.8 Å². The summed E-state index contributed by atoms with van der Waals surface area (Å²) in [5.74, 6) is 0.971. The molecule has 4 heteroatoms. The molecule has 0 aliphatic heterocycles. The molecule has 1 aliphatic carbocycles. The lowest BCUT2D eigenvalue weighted by Gasteiger charge is -2.08. The van der Waals surface area contributed by atoms with Crippen LogP contribution in [0, 0.1) is 0 Å². The molecule has 86 valence electrons. The molecule has 0 fully saturated rings. The molecule has 0 saturated carbocycles. The van der Waals surface area contributed by atoms with Gasteiger partial charge in [0.15, 0.2) is 0 Å². The van der Waals surface area contributed by atoms with Crippen molar-refractivity contribution in [3.8, 4) is 0 Å². The van der Waals surface area contributed by atoms with Crippen LogP contribution in [0.5, 0.6) is 0 Å². The molecule has 0 unspecified atom stereocenters. The fourth-order valence-electron chi connectivity index (χ4n) is 2.19. The van der Waals surface area contributed by atoms with E-state index in [2.05, 4.69) is 20.3 Å². The number of hydrogen-bond acceptors (Lipinski definition) is 4. The van der Waals surface area contributed by atoms with Crippen LogP contribution in [0.2, 0.25) is 0 Å². The third-order valence-corrected chi connectivity index (χ3v) is 3.04. The summed E-state index contributed by atoms with van der Waals surface area (Å²) in [6.45, 7) is 0.713. The largest absolute Gasteiger partial charge is 0.364 e. The summed E-state index contributed by atoms with van der Waals surface area (Å²) in [6.07, 6.45) is 6.80. The van der Waals surface area contributed by atoms with E-state index < -0.39 is 0 Å². The zero-order valence-corrected chi connectivity index (χ0v) is 9.56. The third kappa shape index (κ3) is 2.11. The van der Waals surface area contributed by atoms with Crippen LogP contribution in [0.15, 0.2) is 30.7 Å². The predicted octanol–water partition coefficient (Wildman–Crippen LogP) is 1.97. The van der Waals surface area contributed by atoms with E-state index in [0.29, 0.717) is 6.54 Å². The number of anilines is 1. The zero-order chi connectivity index (χ0) is 11.5. The van der Waals surface area contributed by atoms with E-state index in [1.807, 2.05) is 18.2 Å². The summed E-state index contributed by atoms with van der Waals surface area (Å²) >= 11 is 0. The number of rotatable bonds is 3. The Morgan fingerprint density at radius 2 is 2.12 bits per heavy atom. The van der Waals surface area contributed by atoms with Gasteiger partial charge in [0.2, 0.25) is 0 Å². The highest BCUT2D eigenvalue weighted by Crippen LogP contribution is 2.25. The van der Waals surface area contributed by atoms with Crippen molar-refractivity contribution in [1.29, 1.82) is 0 Å². The first-order valence-electron chi connectivity index (χ1n) is 5.90. The van der Waals surface area contributed by atoms with Gasteiger partial charge in [0.25, 0.3) is 0 Å². The quantitative estimate of drug-likeness (QED) is 0.869. The summed E-state index contributed by atoms with van der Waals surface area (Å²) < 4.78 is 0. The lowest BCUT2D eigenvalue weighted by atomic mass is 10.2. The Morgan fingerprint density at radius 1 is 1.12 bits per heavy atom. The van der Waals surface area contributed by atoms with Crippen LogP contribution in [-0.2, 0) is 19.4 Å². The summed E-state index contributed by atoms with van der Waals surface area (Å²) in [5.41, 5.74) is 3.50. The molecule has 3 rings (SSSR count). The molecular weight excluding hydrogens is 212 g/mol. The molecule has 2 aromatic rings. The molecule has 0 spiro atoms. The van der Waals surface area contributed by atoms with Crippen LogP contribution in [0.1, 0.15) is 23.4 Å². The monoisotopic (exact) mass is 226 g/mol. The van der Waals surface area contributed by atoms with Crippen LogP contribution in [0.25, 0.3) is 0 Å². The molecule has 0 aromatic carbocycles. The van der Waals surface area contributed by atoms with Crippen molar-refractivity contribution in [2.24, 2.45) is 0 Å². The molecular formula is C13H14N4. The van der Waals surface area contributed by atoms with Gasteiger partial charge in [0, 0.05) is 17.5 Å². The summed E-state index contributed by atoms with van der Waals surface area (Å²) in [5, 5.41) is 3.35. The Bertz CT molecular complexity index is 510. The van der Waals surface area contributed by atoms with Crippen molar-refractivity contribution < 1.29 is 0 Å². The first-order chi connectivity index (χ1) is 8.43. The van der Waals surface area contributed by atoms with Gasteiger partial charge in [0.05, 0.1) is 12.2 Å². The van der Waals surface area contributed by atoms with Gasteiger partial charge in [-0.25, -0.2) is 9.97 Å². The van der Waals surface area contributed by atoms with Gasteiger partial charge in [-0.2, -0.15) is 0 Å². The molecule has 1 N–H and O–H groups in total. The fraction of sp³-hybridized carbons (Fsp3) is 0.308. The van der Waals surface area contributed by atoms with Crippen molar-refractivity contribution >= 4 is 5.82 Å². The normalized spacial score (nSPS) is 13.4. The lowest BCUT2D eigenvalue weighted by Crippen LogP contribution is -2.06. The maximum atomic E-state index is 4.32. The van der Waals surface area contributed by atoms with E-state index in [-0.39, 0.29) is 0 Å². The number of pyridine rings is 1. The van der Waals surface area contributed by atoms with Gasteiger partial charge < -0.3 is 5.32 Å². The molecule has 0 saturated heterocycles. The van der Waals surface area contributed by atoms with Gasteiger partial charge in [-0.1, -0.05) is 6.07 Å². The van der Waals surface area contributed by atoms with Crippen molar-refractivity contribution in [3.63, 3.8) is 0 Å². The van der Waals surface area contributed by atoms with E-state index in [1.54, 1.807) is 12.5 Å². The summed E-state index contributed by atoms with van der Waals surface area (Å²) in [7, 11) is 0. The van der Waals surface area contributed by atoms with Gasteiger partial charge in [0.1, 0.15) is 12.1 Å². The standard InChI is InChI=1S/C13H14N4/c1-2-7-14-10(4-1)8-15-13-11-5-3-6-12(11)16-9-17-13/h1-2,4,7,9H,3,5-6,8H2,(H,15,16,17). The molecule has 4 nitrogen and oxygen atoms in total. The van der Waals surface area contributed by atoms with Gasteiger partial charge in [-0.15, -0.1) is 0 Å². The minimum Gasteiger partial charge on any atom is -0.364 e. The third-order valence-electron chi connectivity index (χ3n) is 3.04. The number of aryl methyl sites for hydroxylation is 1. The molecule has 0 amide bonds. The lowest BCUT2D eigenvalue weighted by molar-refractivity contribution is 0.899. The Kier molecular flexibility index (Phi) is 2.69. The highest BCUT2D eigenvalue weighted by atomic mass is 15.0. The minimum absolute atomic E-state index is 0.713. The second-order valence-electron chi connectivity index (χ2n) is 4.18. The van der Waals surface area contributed by atoms with E-state index in [0.717, 1.165) is 24.4 Å². The second kappa shape index (κ2) is 4.49.